The second-order valence-electron chi connectivity index (χ2n) is 5.97. The number of carbonyl (C=O) groups excluding carboxylic acids is 2. The Hall–Kier alpha value is -2.89. The normalized spacial score (nSPS) is 19.2. The highest BCUT2D eigenvalue weighted by atomic mass is 16.7. The van der Waals surface area contributed by atoms with Crippen molar-refractivity contribution in [3.63, 3.8) is 0 Å². The number of ether oxygens (including phenoxy) is 2. The minimum absolute atomic E-state index is 0.124. The molecule has 4 rings (SSSR count). The number of pyridine rings is 1. The van der Waals surface area contributed by atoms with Gasteiger partial charge in [0.05, 0.1) is 12.5 Å². The van der Waals surface area contributed by atoms with Gasteiger partial charge in [0, 0.05) is 18.8 Å². The SMILES string of the molecule is O=C1CC(Cc2ccc3c(c2)OCO3)C(=O)N1Cc1cccnc1. The summed E-state index contributed by atoms with van der Waals surface area (Å²) in [5.74, 6) is 0.827. The second-order valence-corrected chi connectivity index (χ2v) is 5.97. The second kappa shape index (κ2) is 5.96. The third kappa shape index (κ3) is 2.71. The maximum absolute atomic E-state index is 12.6. The third-order valence-electron chi connectivity index (χ3n) is 4.32. The van der Waals surface area contributed by atoms with E-state index in [1.54, 1.807) is 18.5 Å². The zero-order valence-corrected chi connectivity index (χ0v) is 13.0. The fourth-order valence-electron chi connectivity index (χ4n) is 3.10. The molecule has 1 saturated heterocycles. The number of carbonyl (C=O) groups is 2. The average molecular weight is 324 g/mol. The predicted molar refractivity (Wildman–Crippen MR) is 84.2 cm³/mol. The first kappa shape index (κ1) is 14.7. The van der Waals surface area contributed by atoms with Gasteiger partial charge in [0.1, 0.15) is 0 Å². The van der Waals surface area contributed by atoms with Crippen molar-refractivity contribution in [1.82, 2.24) is 9.88 Å². The molecule has 24 heavy (non-hydrogen) atoms. The molecule has 0 aliphatic carbocycles. The van der Waals surface area contributed by atoms with Crippen LogP contribution in [0.15, 0.2) is 42.7 Å². The van der Waals surface area contributed by atoms with Crippen LogP contribution in [0.5, 0.6) is 11.5 Å². The summed E-state index contributed by atoms with van der Waals surface area (Å²) in [7, 11) is 0. The number of imide groups is 1. The van der Waals surface area contributed by atoms with Gasteiger partial charge in [-0.05, 0) is 35.7 Å². The first-order chi connectivity index (χ1) is 11.7. The van der Waals surface area contributed by atoms with Gasteiger partial charge < -0.3 is 9.47 Å². The van der Waals surface area contributed by atoms with Crippen LogP contribution in [0.4, 0.5) is 0 Å². The van der Waals surface area contributed by atoms with E-state index in [0.29, 0.717) is 17.9 Å². The van der Waals surface area contributed by atoms with Gasteiger partial charge >= 0.3 is 0 Å². The van der Waals surface area contributed by atoms with E-state index in [2.05, 4.69) is 4.98 Å². The average Bonchev–Trinajstić information content (AvgIpc) is 3.16. The van der Waals surface area contributed by atoms with Crippen molar-refractivity contribution >= 4 is 11.8 Å². The summed E-state index contributed by atoms with van der Waals surface area (Å²) in [6.07, 6.45) is 4.10. The molecule has 2 aliphatic heterocycles. The van der Waals surface area contributed by atoms with Crippen molar-refractivity contribution in [2.45, 2.75) is 19.4 Å². The maximum atomic E-state index is 12.6. The Kier molecular flexibility index (Phi) is 3.65. The van der Waals surface area contributed by atoms with Gasteiger partial charge in [0.15, 0.2) is 11.5 Å². The van der Waals surface area contributed by atoms with Crippen LogP contribution in [0.25, 0.3) is 0 Å². The van der Waals surface area contributed by atoms with Crippen molar-refractivity contribution < 1.29 is 19.1 Å². The fourth-order valence-corrected chi connectivity index (χ4v) is 3.10. The molecule has 3 heterocycles. The first-order valence-corrected chi connectivity index (χ1v) is 7.82. The number of rotatable bonds is 4. The van der Waals surface area contributed by atoms with Gasteiger partial charge in [-0.25, -0.2) is 0 Å². The zero-order valence-electron chi connectivity index (χ0n) is 13.0. The molecule has 6 heteroatoms. The molecule has 1 aromatic heterocycles. The molecular formula is C18H16N2O4. The lowest BCUT2D eigenvalue weighted by Gasteiger charge is -2.15. The van der Waals surface area contributed by atoms with Crippen molar-refractivity contribution in [3.05, 3.63) is 53.9 Å². The molecule has 2 aliphatic rings. The molecule has 122 valence electrons. The van der Waals surface area contributed by atoms with E-state index in [4.69, 9.17) is 9.47 Å². The summed E-state index contributed by atoms with van der Waals surface area (Å²) >= 11 is 0. The van der Waals surface area contributed by atoms with Crippen LogP contribution in [0.1, 0.15) is 17.5 Å². The lowest BCUT2D eigenvalue weighted by molar-refractivity contribution is -0.140. The van der Waals surface area contributed by atoms with E-state index < -0.39 is 0 Å². The minimum Gasteiger partial charge on any atom is -0.454 e. The van der Waals surface area contributed by atoms with Crippen LogP contribution in [-0.2, 0) is 22.6 Å². The fraction of sp³-hybridized carbons (Fsp3) is 0.278. The topological polar surface area (TPSA) is 68.7 Å². The summed E-state index contributed by atoms with van der Waals surface area (Å²) < 4.78 is 10.6. The first-order valence-electron chi connectivity index (χ1n) is 7.82. The molecule has 0 N–H and O–H groups in total. The standard InChI is InChI=1S/C18H16N2O4/c21-17-8-14(6-12-3-4-15-16(7-12)24-11-23-15)18(22)20(17)10-13-2-1-5-19-9-13/h1-5,7,9,14H,6,8,10-11H2. The summed E-state index contributed by atoms with van der Waals surface area (Å²) in [6, 6.07) is 9.29. The van der Waals surface area contributed by atoms with Gasteiger partial charge in [0.25, 0.3) is 0 Å². The van der Waals surface area contributed by atoms with Gasteiger partial charge in [-0.3, -0.25) is 19.5 Å². The van der Waals surface area contributed by atoms with Crippen LogP contribution in [0, 0.1) is 5.92 Å². The molecule has 0 radical (unpaired) electrons. The van der Waals surface area contributed by atoms with Crippen LogP contribution >= 0.6 is 0 Å². The Balaban J connectivity index is 1.47. The van der Waals surface area contributed by atoms with Crippen molar-refractivity contribution in [1.29, 1.82) is 0 Å². The molecule has 2 amide bonds. The predicted octanol–water partition coefficient (Wildman–Crippen LogP) is 1.93. The Morgan fingerprint density at radius 3 is 2.83 bits per heavy atom. The molecule has 1 unspecified atom stereocenters. The quantitative estimate of drug-likeness (QED) is 0.804. The number of amides is 2. The molecule has 0 bridgehead atoms. The third-order valence-corrected chi connectivity index (χ3v) is 4.32. The largest absolute Gasteiger partial charge is 0.454 e. The van der Waals surface area contributed by atoms with Gasteiger partial charge in [0.2, 0.25) is 18.6 Å². The lowest BCUT2D eigenvalue weighted by Crippen LogP contribution is -2.30. The Morgan fingerprint density at radius 1 is 1.12 bits per heavy atom. The molecule has 1 aromatic carbocycles. The summed E-state index contributed by atoms with van der Waals surface area (Å²) in [5.41, 5.74) is 1.82. The van der Waals surface area contributed by atoms with Crippen molar-refractivity contribution in [3.8, 4) is 11.5 Å². The van der Waals surface area contributed by atoms with Crippen molar-refractivity contribution in [2.75, 3.05) is 6.79 Å². The number of fused-ring (bicyclic) bond motifs is 1. The van der Waals surface area contributed by atoms with Crippen LogP contribution in [0.3, 0.4) is 0 Å². The van der Waals surface area contributed by atoms with Gasteiger partial charge in [-0.15, -0.1) is 0 Å². The van der Waals surface area contributed by atoms with E-state index in [0.717, 1.165) is 11.1 Å². The highest BCUT2D eigenvalue weighted by Crippen LogP contribution is 2.34. The molecule has 1 atom stereocenters. The molecule has 0 saturated carbocycles. The monoisotopic (exact) mass is 324 g/mol. The molecule has 6 nitrogen and oxygen atoms in total. The highest BCUT2D eigenvalue weighted by molar-refractivity contribution is 6.03. The van der Waals surface area contributed by atoms with E-state index in [1.165, 1.54) is 4.90 Å². The van der Waals surface area contributed by atoms with Crippen molar-refractivity contribution in [2.24, 2.45) is 5.92 Å². The summed E-state index contributed by atoms with van der Waals surface area (Å²) in [5, 5.41) is 0. The van der Waals surface area contributed by atoms with Gasteiger partial charge in [-0.2, -0.15) is 0 Å². The summed E-state index contributed by atoms with van der Waals surface area (Å²) in [6.45, 7) is 0.502. The summed E-state index contributed by atoms with van der Waals surface area (Å²) in [4.78, 5) is 30.2. The Bertz CT molecular complexity index is 791. The maximum Gasteiger partial charge on any atom is 0.233 e. The molecule has 1 fully saturated rings. The number of aromatic nitrogens is 1. The number of hydrogen-bond donors (Lipinski definition) is 0. The Morgan fingerprint density at radius 2 is 2.00 bits per heavy atom. The number of likely N-dealkylation sites (tertiary alicyclic amines) is 1. The molecular weight excluding hydrogens is 308 g/mol. The smallest absolute Gasteiger partial charge is 0.233 e. The zero-order chi connectivity index (χ0) is 16.5. The molecule has 2 aromatic rings. The molecule has 0 spiro atoms. The Labute approximate surface area is 139 Å². The van der Waals surface area contributed by atoms with E-state index in [9.17, 15) is 9.59 Å². The van der Waals surface area contributed by atoms with E-state index in [-0.39, 0.29) is 37.5 Å². The number of benzene rings is 1. The van der Waals surface area contributed by atoms with Crippen LogP contribution in [0.2, 0.25) is 0 Å². The highest BCUT2D eigenvalue weighted by Gasteiger charge is 2.38. The van der Waals surface area contributed by atoms with Crippen LogP contribution < -0.4 is 9.47 Å². The number of hydrogen-bond acceptors (Lipinski definition) is 5. The van der Waals surface area contributed by atoms with Crippen LogP contribution in [-0.4, -0.2) is 28.5 Å². The minimum atomic E-state index is -0.324. The van der Waals surface area contributed by atoms with E-state index in [1.807, 2.05) is 24.3 Å². The lowest BCUT2D eigenvalue weighted by atomic mass is 9.97. The number of nitrogens with zero attached hydrogens (tertiary/aromatic N) is 2. The van der Waals surface area contributed by atoms with E-state index >= 15 is 0 Å². The van der Waals surface area contributed by atoms with Gasteiger partial charge in [-0.1, -0.05) is 12.1 Å².